The van der Waals surface area contributed by atoms with Crippen LogP contribution in [0.15, 0.2) is 42.7 Å². The van der Waals surface area contributed by atoms with Gasteiger partial charge in [0.1, 0.15) is 34.9 Å². The Morgan fingerprint density at radius 2 is 1.77 bits per heavy atom. The third kappa shape index (κ3) is 6.70. The maximum atomic E-state index is 15.1. The highest BCUT2D eigenvalue weighted by Gasteiger charge is 2.46. The summed E-state index contributed by atoms with van der Waals surface area (Å²) in [6.07, 6.45) is -7.45. The first-order chi connectivity index (χ1) is 22.0. The van der Waals surface area contributed by atoms with Crippen LogP contribution in [0.25, 0.3) is 16.9 Å². The first kappa shape index (κ1) is 33.6. The van der Waals surface area contributed by atoms with Crippen molar-refractivity contribution < 1.29 is 54.6 Å². The fourth-order valence-electron chi connectivity index (χ4n) is 5.31. The predicted octanol–water partition coefficient (Wildman–Crippen LogP) is 5.50. The molecule has 5 rings (SSSR count). The Kier molecular flexibility index (Phi) is 8.87. The zero-order valence-electron chi connectivity index (χ0n) is 24.5. The number of carboxylic acids is 1. The van der Waals surface area contributed by atoms with Crippen molar-refractivity contribution >= 4 is 23.2 Å². The smallest absolute Gasteiger partial charge is 0.418 e. The SMILES string of the molecule is Cc1cc(C(F)(F)F)c(-c2ccc(C[C@H](NC(=O)c3c(F)cc(N4CCOCC4C(F)(F)F)cc3F)C(=O)O)n3ccnc23)nc1C. The summed E-state index contributed by atoms with van der Waals surface area (Å²) in [4.78, 5) is 34.0. The summed E-state index contributed by atoms with van der Waals surface area (Å²) in [5.74, 6) is -6.18. The fourth-order valence-corrected chi connectivity index (χ4v) is 5.31. The molecule has 3 aromatic heterocycles. The maximum Gasteiger partial charge on any atom is 0.418 e. The largest absolute Gasteiger partial charge is 0.480 e. The molecule has 0 radical (unpaired) electrons. The molecule has 47 heavy (non-hydrogen) atoms. The van der Waals surface area contributed by atoms with Crippen LogP contribution in [-0.2, 0) is 22.1 Å². The number of carbonyl (C=O) groups excluding carboxylic acids is 1. The van der Waals surface area contributed by atoms with E-state index >= 15 is 8.78 Å². The number of anilines is 1. The van der Waals surface area contributed by atoms with Crippen LogP contribution in [0.3, 0.4) is 0 Å². The highest BCUT2D eigenvalue weighted by Crippen LogP contribution is 2.38. The zero-order valence-corrected chi connectivity index (χ0v) is 24.5. The van der Waals surface area contributed by atoms with Crippen LogP contribution in [-0.4, -0.2) is 69.4 Å². The van der Waals surface area contributed by atoms with Gasteiger partial charge in [0.15, 0.2) is 0 Å². The van der Waals surface area contributed by atoms with Crippen molar-refractivity contribution in [3.8, 4) is 11.3 Å². The van der Waals surface area contributed by atoms with Crippen LogP contribution in [0.2, 0.25) is 0 Å². The summed E-state index contributed by atoms with van der Waals surface area (Å²) in [6.45, 7) is 1.76. The highest BCUT2D eigenvalue weighted by molar-refractivity contribution is 5.97. The first-order valence-electron chi connectivity index (χ1n) is 13.9. The number of aryl methyl sites for hydroxylation is 2. The molecule has 4 aromatic rings. The van der Waals surface area contributed by atoms with Gasteiger partial charge in [0.05, 0.1) is 24.5 Å². The molecule has 2 N–H and O–H groups in total. The fraction of sp³-hybridized carbons (Fsp3) is 0.333. The van der Waals surface area contributed by atoms with E-state index in [4.69, 9.17) is 4.74 Å². The summed E-state index contributed by atoms with van der Waals surface area (Å²) in [7, 11) is 0. The number of benzene rings is 1. The van der Waals surface area contributed by atoms with E-state index in [1.165, 1.54) is 42.8 Å². The predicted molar refractivity (Wildman–Crippen MR) is 150 cm³/mol. The monoisotopic (exact) mass is 671 g/mol. The number of halogens is 8. The number of amides is 1. The van der Waals surface area contributed by atoms with Crippen LogP contribution in [0.4, 0.5) is 40.8 Å². The minimum absolute atomic E-state index is 0.00725. The quantitative estimate of drug-likeness (QED) is 0.250. The Hall–Kier alpha value is -4.80. The molecule has 1 aliphatic heterocycles. The molecule has 1 saturated heterocycles. The molecule has 250 valence electrons. The second kappa shape index (κ2) is 12.4. The van der Waals surface area contributed by atoms with E-state index in [9.17, 15) is 41.0 Å². The Morgan fingerprint density at radius 1 is 1.09 bits per heavy atom. The number of ether oxygens (including phenoxy) is 1. The van der Waals surface area contributed by atoms with Gasteiger partial charge in [-0.3, -0.25) is 9.78 Å². The van der Waals surface area contributed by atoms with Gasteiger partial charge in [-0.15, -0.1) is 0 Å². The molecule has 2 atom stereocenters. The standard InChI is InChI=1S/C30H25F8N5O4/c1-14-9-19(29(33,34)35)25(40-15(14)2)18-4-3-16(43-6-5-39-26(18)43)12-22(28(45)46)41-27(44)24-20(31)10-17(11-21(24)32)42-7-8-47-13-23(42)30(36,37)38/h3-6,9-11,22-23H,7-8,12-13H2,1-2H3,(H,41,44)(H,45,46)/t22-,23?/m0/s1. The number of hydrogen-bond acceptors (Lipinski definition) is 6. The molecular weight excluding hydrogens is 646 g/mol. The number of rotatable bonds is 7. The summed E-state index contributed by atoms with van der Waals surface area (Å²) in [5, 5.41) is 11.9. The molecule has 0 spiro atoms. The molecule has 0 aliphatic carbocycles. The van der Waals surface area contributed by atoms with E-state index < -0.39 is 83.5 Å². The number of imidazole rings is 1. The van der Waals surface area contributed by atoms with Gasteiger partial charge in [0.2, 0.25) is 0 Å². The molecule has 1 amide bonds. The minimum atomic E-state index is -4.78. The van der Waals surface area contributed by atoms with E-state index in [0.717, 1.165) is 6.07 Å². The molecule has 17 heteroatoms. The van der Waals surface area contributed by atoms with Crippen LogP contribution in [0.5, 0.6) is 0 Å². The van der Waals surface area contributed by atoms with Crippen LogP contribution in [0.1, 0.15) is 32.9 Å². The van der Waals surface area contributed by atoms with Gasteiger partial charge in [-0.25, -0.2) is 18.6 Å². The molecule has 1 aromatic carbocycles. The zero-order chi connectivity index (χ0) is 34.4. The van der Waals surface area contributed by atoms with E-state index in [2.05, 4.69) is 9.97 Å². The van der Waals surface area contributed by atoms with Crippen molar-refractivity contribution in [3.05, 3.63) is 82.4 Å². The number of nitrogens with one attached hydrogen (secondary N) is 1. The Balaban J connectivity index is 1.43. The van der Waals surface area contributed by atoms with E-state index in [1.54, 1.807) is 0 Å². The topological polar surface area (TPSA) is 109 Å². The summed E-state index contributed by atoms with van der Waals surface area (Å²) < 4.78 is 119. The Labute approximate surface area is 260 Å². The lowest BCUT2D eigenvalue weighted by atomic mass is 10.0. The van der Waals surface area contributed by atoms with Gasteiger partial charge in [-0.05, 0) is 49.7 Å². The number of pyridine rings is 2. The number of aromatic nitrogens is 3. The lowest BCUT2D eigenvalue weighted by Crippen LogP contribution is -2.53. The first-order valence-corrected chi connectivity index (χ1v) is 13.9. The number of morpholine rings is 1. The van der Waals surface area contributed by atoms with Crippen molar-refractivity contribution in [2.24, 2.45) is 0 Å². The minimum Gasteiger partial charge on any atom is -0.480 e. The third-order valence-electron chi connectivity index (χ3n) is 7.77. The molecule has 1 fully saturated rings. The number of aliphatic carboxylic acids is 1. The molecule has 0 bridgehead atoms. The van der Waals surface area contributed by atoms with E-state index in [-0.39, 0.29) is 30.1 Å². The highest BCUT2D eigenvalue weighted by atomic mass is 19.4. The Morgan fingerprint density at radius 3 is 2.38 bits per heavy atom. The number of fused-ring (bicyclic) bond motifs is 1. The number of hydrogen-bond donors (Lipinski definition) is 2. The summed E-state index contributed by atoms with van der Waals surface area (Å²) in [6, 6.07) is 0.617. The van der Waals surface area contributed by atoms with Crippen molar-refractivity contribution in [2.45, 2.75) is 44.7 Å². The maximum absolute atomic E-state index is 15.1. The van der Waals surface area contributed by atoms with Crippen molar-refractivity contribution in [1.82, 2.24) is 19.7 Å². The van der Waals surface area contributed by atoms with Crippen molar-refractivity contribution in [2.75, 3.05) is 24.7 Å². The van der Waals surface area contributed by atoms with Gasteiger partial charge in [0, 0.05) is 48.0 Å². The molecular formula is C30H25F8N5O4. The second-order valence-corrected chi connectivity index (χ2v) is 10.8. The van der Waals surface area contributed by atoms with Gasteiger partial charge in [0.25, 0.3) is 5.91 Å². The molecule has 1 unspecified atom stereocenters. The number of carbonyl (C=O) groups is 2. The third-order valence-corrected chi connectivity index (χ3v) is 7.77. The number of carboxylic acid groups (broad SMARTS) is 1. The lowest BCUT2D eigenvalue weighted by Gasteiger charge is -2.38. The summed E-state index contributed by atoms with van der Waals surface area (Å²) >= 11 is 0. The second-order valence-electron chi connectivity index (χ2n) is 10.8. The molecule has 1 aliphatic rings. The summed E-state index contributed by atoms with van der Waals surface area (Å²) in [5.41, 5.74) is -2.35. The number of nitrogens with zero attached hydrogens (tertiary/aromatic N) is 4. The van der Waals surface area contributed by atoms with E-state index in [1.807, 2.05) is 5.32 Å². The van der Waals surface area contributed by atoms with Crippen molar-refractivity contribution in [3.63, 3.8) is 0 Å². The van der Waals surface area contributed by atoms with Gasteiger partial charge < -0.3 is 24.5 Å². The van der Waals surface area contributed by atoms with Gasteiger partial charge in [-0.2, -0.15) is 26.3 Å². The average molecular weight is 672 g/mol. The van der Waals surface area contributed by atoms with Crippen LogP contribution >= 0.6 is 0 Å². The van der Waals surface area contributed by atoms with Gasteiger partial charge in [-0.1, -0.05) is 0 Å². The lowest BCUT2D eigenvalue weighted by molar-refractivity contribution is -0.167. The average Bonchev–Trinajstić information content (AvgIpc) is 3.47. The molecule has 4 heterocycles. The molecule has 9 nitrogen and oxygen atoms in total. The van der Waals surface area contributed by atoms with Crippen LogP contribution in [0, 0.1) is 25.5 Å². The van der Waals surface area contributed by atoms with Crippen molar-refractivity contribution in [1.29, 1.82) is 0 Å². The number of alkyl halides is 6. The van der Waals surface area contributed by atoms with Gasteiger partial charge >= 0.3 is 18.3 Å². The molecule has 0 saturated carbocycles. The Bertz CT molecular complexity index is 1830. The normalized spacial score (nSPS) is 16.4. The van der Waals surface area contributed by atoms with Crippen LogP contribution < -0.4 is 10.2 Å². The van der Waals surface area contributed by atoms with E-state index in [0.29, 0.717) is 28.3 Å².